The minimum Gasteiger partial charge on any atom is -0.462 e. The van der Waals surface area contributed by atoms with Gasteiger partial charge in [-0.15, -0.1) is 0 Å². The molecular weight excluding hydrogens is 379 g/mol. The fraction of sp³-hybridized carbons (Fsp3) is 0.167. The summed E-state index contributed by atoms with van der Waals surface area (Å²) in [6.07, 6.45) is -0.385. The number of nitrogens with one attached hydrogen (secondary N) is 2. The van der Waals surface area contributed by atoms with E-state index in [1.165, 1.54) is 30.3 Å². The van der Waals surface area contributed by atoms with Gasteiger partial charge >= 0.3 is 5.97 Å². The molecule has 0 saturated heterocycles. The molecule has 8 heteroatoms. The summed E-state index contributed by atoms with van der Waals surface area (Å²) >= 11 is 11.7. The average Bonchev–Trinajstić information content (AvgIpc) is 2.54. The van der Waals surface area contributed by atoms with Gasteiger partial charge in [0.2, 0.25) is 11.8 Å². The lowest BCUT2D eigenvalue weighted by atomic mass is 10.2. The zero-order valence-electron chi connectivity index (χ0n) is 13.8. The van der Waals surface area contributed by atoms with E-state index in [0.29, 0.717) is 27.0 Å². The summed E-state index contributed by atoms with van der Waals surface area (Å²) in [5.41, 5.74) is 1.24. The molecule has 0 bridgehead atoms. The normalized spacial score (nSPS) is 10.1. The Morgan fingerprint density at radius 1 is 0.885 bits per heavy atom. The smallest absolute Gasteiger partial charge is 0.338 e. The molecule has 0 spiro atoms. The van der Waals surface area contributed by atoms with Gasteiger partial charge in [0.05, 0.1) is 12.2 Å². The van der Waals surface area contributed by atoms with Crippen LogP contribution in [-0.4, -0.2) is 24.4 Å². The molecule has 2 aromatic rings. The van der Waals surface area contributed by atoms with Crippen LogP contribution in [0.4, 0.5) is 11.4 Å². The van der Waals surface area contributed by atoms with Crippen LogP contribution in [0.3, 0.4) is 0 Å². The first-order valence-corrected chi connectivity index (χ1v) is 8.46. The van der Waals surface area contributed by atoms with Gasteiger partial charge in [-0.3, -0.25) is 9.59 Å². The first-order chi connectivity index (χ1) is 12.4. The Kier molecular flexibility index (Phi) is 7.00. The van der Waals surface area contributed by atoms with Crippen molar-refractivity contribution in [3.05, 3.63) is 58.1 Å². The monoisotopic (exact) mass is 394 g/mol. The Morgan fingerprint density at radius 2 is 1.42 bits per heavy atom. The predicted molar refractivity (Wildman–Crippen MR) is 101 cm³/mol. The minimum absolute atomic E-state index is 0.282. The molecule has 26 heavy (non-hydrogen) atoms. The van der Waals surface area contributed by atoms with Crippen LogP contribution in [0.2, 0.25) is 10.0 Å². The van der Waals surface area contributed by atoms with Crippen molar-refractivity contribution < 1.29 is 19.1 Å². The molecule has 2 rings (SSSR count). The molecule has 2 aromatic carbocycles. The van der Waals surface area contributed by atoms with Crippen molar-refractivity contribution >= 4 is 52.4 Å². The van der Waals surface area contributed by atoms with Gasteiger partial charge in [-0.1, -0.05) is 23.2 Å². The molecule has 0 aliphatic heterocycles. The summed E-state index contributed by atoms with van der Waals surface area (Å²) in [6, 6.07) is 10.8. The highest BCUT2D eigenvalue weighted by atomic mass is 35.5. The number of hydrogen-bond acceptors (Lipinski definition) is 4. The molecule has 136 valence electrons. The molecule has 0 aliphatic carbocycles. The fourth-order valence-electron chi connectivity index (χ4n) is 2.09. The van der Waals surface area contributed by atoms with Gasteiger partial charge in [-0.25, -0.2) is 4.79 Å². The first kappa shape index (κ1) is 19.8. The van der Waals surface area contributed by atoms with Crippen molar-refractivity contribution in [2.45, 2.75) is 13.3 Å². The molecule has 0 heterocycles. The van der Waals surface area contributed by atoms with Crippen LogP contribution in [0.5, 0.6) is 0 Å². The second kappa shape index (κ2) is 9.22. The summed E-state index contributed by atoms with van der Waals surface area (Å²) in [7, 11) is 0. The number of halogens is 2. The summed E-state index contributed by atoms with van der Waals surface area (Å²) in [4.78, 5) is 35.4. The van der Waals surface area contributed by atoms with E-state index in [9.17, 15) is 14.4 Å². The molecule has 0 aliphatic rings. The third kappa shape index (κ3) is 6.06. The van der Waals surface area contributed by atoms with Gasteiger partial charge in [0.15, 0.2) is 0 Å². The number of rotatable bonds is 6. The number of carbonyl (C=O) groups is 3. The van der Waals surface area contributed by atoms with E-state index in [1.54, 1.807) is 19.1 Å². The second-order valence-electron chi connectivity index (χ2n) is 5.23. The largest absolute Gasteiger partial charge is 0.462 e. The Bertz CT molecular complexity index is 802. The zero-order valence-corrected chi connectivity index (χ0v) is 15.4. The van der Waals surface area contributed by atoms with E-state index in [-0.39, 0.29) is 13.0 Å². The Hall–Kier alpha value is -2.57. The lowest BCUT2D eigenvalue weighted by molar-refractivity contribution is -0.123. The van der Waals surface area contributed by atoms with Gasteiger partial charge in [-0.05, 0) is 49.4 Å². The van der Waals surface area contributed by atoms with Gasteiger partial charge in [0.1, 0.15) is 6.42 Å². The summed E-state index contributed by atoms with van der Waals surface area (Å²) in [6.45, 7) is 2.00. The Labute approximate surface area is 160 Å². The van der Waals surface area contributed by atoms with Gasteiger partial charge in [0, 0.05) is 21.4 Å². The van der Waals surface area contributed by atoms with E-state index in [4.69, 9.17) is 27.9 Å². The molecule has 0 atom stereocenters. The highest BCUT2D eigenvalue weighted by Crippen LogP contribution is 2.22. The van der Waals surface area contributed by atoms with E-state index >= 15 is 0 Å². The van der Waals surface area contributed by atoms with Gasteiger partial charge in [0.25, 0.3) is 0 Å². The molecule has 0 fully saturated rings. The van der Waals surface area contributed by atoms with Crippen molar-refractivity contribution in [2.75, 3.05) is 17.2 Å². The molecular formula is C18H16Cl2N2O4. The number of hydrogen-bond donors (Lipinski definition) is 2. The van der Waals surface area contributed by atoms with Crippen LogP contribution >= 0.6 is 23.2 Å². The van der Waals surface area contributed by atoms with Crippen LogP contribution in [0.1, 0.15) is 23.7 Å². The van der Waals surface area contributed by atoms with Crippen LogP contribution in [-0.2, 0) is 14.3 Å². The molecule has 0 unspecified atom stereocenters. The second-order valence-corrected chi connectivity index (χ2v) is 6.10. The van der Waals surface area contributed by atoms with Gasteiger partial charge in [-0.2, -0.15) is 0 Å². The van der Waals surface area contributed by atoms with Gasteiger partial charge < -0.3 is 15.4 Å². The minimum atomic E-state index is -0.510. The van der Waals surface area contributed by atoms with Crippen LogP contribution in [0.15, 0.2) is 42.5 Å². The number of esters is 1. The SMILES string of the molecule is CCOC(=O)c1ccc(NC(=O)CC(=O)Nc2cc(Cl)cc(Cl)c2)cc1. The first-order valence-electron chi connectivity index (χ1n) is 7.70. The summed E-state index contributed by atoms with van der Waals surface area (Å²) in [5, 5.41) is 5.87. The topological polar surface area (TPSA) is 84.5 Å². The van der Waals surface area contributed by atoms with Crippen molar-refractivity contribution in [3.63, 3.8) is 0 Å². The summed E-state index contributed by atoms with van der Waals surface area (Å²) in [5.74, 6) is -1.45. The highest BCUT2D eigenvalue weighted by molar-refractivity contribution is 6.35. The predicted octanol–water partition coefficient (Wildman–Crippen LogP) is 4.14. The standard InChI is InChI=1S/C18H16Cl2N2O4/c1-2-26-18(25)11-3-5-14(6-4-11)21-16(23)10-17(24)22-15-8-12(19)7-13(20)9-15/h3-9H,2,10H2,1H3,(H,21,23)(H,22,24). The Balaban J connectivity index is 1.89. The van der Waals surface area contributed by atoms with E-state index < -0.39 is 17.8 Å². The van der Waals surface area contributed by atoms with Crippen molar-refractivity contribution in [1.82, 2.24) is 0 Å². The lowest BCUT2D eigenvalue weighted by Crippen LogP contribution is -2.21. The van der Waals surface area contributed by atoms with Crippen LogP contribution in [0, 0.1) is 0 Å². The maximum atomic E-state index is 12.0. The maximum Gasteiger partial charge on any atom is 0.338 e. The average molecular weight is 395 g/mol. The molecule has 0 radical (unpaired) electrons. The maximum absolute atomic E-state index is 12.0. The molecule has 2 amide bonds. The quantitative estimate of drug-likeness (QED) is 0.569. The molecule has 0 saturated carbocycles. The lowest BCUT2D eigenvalue weighted by Gasteiger charge is -2.08. The van der Waals surface area contributed by atoms with Crippen LogP contribution in [0.25, 0.3) is 0 Å². The number of anilines is 2. The van der Waals surface area contributed by atoms with Crippen molar-refractivity contribution in [2.24, 2.45) is 0 Å². The molecule has 2 N–H and O–H groups in total. The Morgan fingerprint density at radius 3 is 1.96 bits per heavy atom. The highest BCUT2D eigenvalue weighted by Gasteiger charge is 2.12. The number of amides is 2. The van der Waals surface area contributed by atoms with E-state index in [1.807, 2.05) is 0 Å². The third-order valence-electron chi connectivity index (χ3n) is 3.15. The summed E-state index contributed by atoms with van der Waals surface area (Å²) < 4.78 is 4.88. The fourth-order valence-corrected chi connectivity index (χ4v) is 2.61. The number of ether oxygens (including phenoxy) is 1. The molecule has 0 aromatic heterocycles. The van der Waals surface area contributed by atoms with Crippen molar-refractivity contribution in [1.29, 1.82) is 0 Å². The number of benzene rings is 2. The van der Waals surface area contributed by atoms with E-state index in [0.717, 1.165) is 0 Å². The van der Waals surface area contributed by atoms with E-state index in [2.05, 4.69) is 10.6 Å². The third-order valence-corrected chi connectivity index (χ3v) is 3.58. The van der Waals surface area contributed by atoms with Crippen LogP contribution < -0.4 is 10.6 Å². The van der Waals surface area contributed by atoms with Crippen molar-refractivity contribution in [3.8, 4) is 0 Å². The number of carbonyl (C=O) groups excluding carboxylic acids is 3. The molecule has 6 nitrogen and oxygen atoms in total. The zero-order chi connectivity index (χ0) is 19.1.